The maximum absolute atomic E-state index is 6.19. The summed E-state index contributed by atoms with van der Waals surface area (Å²) in [5.41, 5.74) is 22.7. The van der Waals surface area contributed by atoms with Gasteiger partial charge in [0, 0.05) is 13.1 Å². The molecule has 0 aromatic carbocycles. The standard InChI is InChI=1S/C12H31N5/c13-7-3-1-2-6-12(16)17(10-4-8-14)11-5-9-15/h12H,1-11,13-16H2. The highest BCUT2D eigenvalue weighted by Gasteiger charge is 2.12. The maximum Gasteiger partial charge on any atom is 0.0571 e. The first kappa shape index (κ1) is 16.8. The second kappa shape index (κ2) is 12.3. The molecule has 5 nitrogen and oxygen atoms in total. The van der Waals surface area contributed by atoms with Crippen LogP contribution in [0.5, 0.6) is 0 Å². The van der Waals surface area contributed by atoms with Gasteiger partial charge < -0.3 is 22.9 Å². The smallest absolute Gasteiger partial charge is 0.0571 e. The Bertz CT molecular complexity index is 146. The molecule has 0 fully saturated rings. The Balaban J connectivity index is 3.80. The maximum atomic E-state index is 6.19. The van der Waals surface area contributed by atoms with Crippen LogP contribution in [0.15, 0.2) is 0 Å². The van der Waals surface area contributed by atoms with Gasteiger partial charge in [-0.3, -0.25) is 4.90 Å². The highest BCUT2D eigenvalue weighted by atomic mass is 15.2. The van der Waals surface area contributed by atoms with Gasteiger partial charge in [-0.2, -0.15) is 0 Å². The average Bonchev–Trinajstić information content (AvgIpc) is 2.34. The molecule has 0 heterocycles. The minimum Gasteiger partial charge on any atom is -0.330 e. The van der Waals surface area contributed by atoms with Crippen LogP contribution < -0.4 is 22.9 Å². The first-order chi connectivity index (χ1) is 8.26. The normalized spacial score (nSPS) is 13.2. The van der Waals surface area contributed by atoms with Gasteiger partial charge in [-0.15, -0.1) is 0 Å². The minimum absolute atomic E-state index is 0.144. The molecule has 0 aromatic rings. The zero-order valence-electron chi connectivity index (χ0n) is 11.1. The number of nitrogens with zero attached hydrogens (tertiary/aromatic N) is 1. The van der Waals surface area contributed by atoms with Crippen LogP contribution in [0.2, 0.25) is 0 Å². The van der Waals surface area contributed by atoms with Gasteiger partial charge >= 0.3 is 0 Å². The highest BCUT2D eigenvalue weighted by Crippen LogP contribution is 2.07. The molecule has 104 valence electrons. The third-order valence-corrected chi connectivity index (χ3v) is 2.97. The number of hydrogen-bond acceptors (Lipinski definition) is 5. The molecular formula is C12H31N5. The van der Waals surface area contributed by atoms with E-state index in [2.05, 4.69) is 4.90 Å². The fraction of sp³-hybridized carbons (Fsp3) is 1.00. The summed E-state index contributed by atoms with van der Waals surface area (Å²) < 4.78 is 0. The van der Waals surface area contributed by atoms with E-state index in [0.29, 0.717) is 0 Å². The molecule has 0 spiro atoms. The van der Waals surface area contributed by atoms with Crippen molar-refractivity contribution in [3.05, 3.63) is 0 Å². The van der Waals surface area contributed by atoms with Crippen molar-refractivity contribution in [1.29, 1.82) is 0 Å². The van der Waals surface area contributed by atoms with E-state index in [1.54, 1.807) is 0 Å². The molecule has 0 aromatic heterocycles. The molecule has 0 aliphatic carbocycles. The van der Waals surface area contributed by atoms with Crippen LogP contribution in [0.3, 0.4) is 0 Å². The average molecular weight is 245 g/mol. The van der Waals surface area contributed by atoms with E-state index in [9.17, 15) is 0 Å². The summed E-state index contributed by atoms with van der Waals surface area (Å²) in [5, 5.41) is 0. The predicted molar refractivity (Wildman–Crippen MR) is 74.4 cm³/mol. The Morgan fingerprint density at radius 3 is 1.71 bits per heavy atom. The van der Waals surface area contributed by atoms with Crippen molar-refractivity contribution in [3.8, 4) is 0 Å². The monoisotopic (exact) mass is 245 g/mol. The van der Waals surface area contributed by atoms with Crippen molar-refractivity contribution in [2.24, 2.45) is 22.9 Å². The van der Waals surface area contributed by atoms with Crippen molar-refractivity contribution >= 4 is 0 Å². The Labute approximate surface area is 106 Å². The molecule has 0 amide bonds. The third-order valence-electron chi connectivity index (χ3n) is 2.97. The number of hydrogen-bond donors (Lipinski definition) is 4. The van der Waals surface area contributed by atoms with Crippen LogP contribution in [0.25, 0.3) is 0 Å². The summed E-state index contributed by atoms with van der Waals surface area (Å²) in [6.07, 6.45) is 6.60. The first-order valence-corrected chi connectivity index (χ1v) is 6.86. The molecule has 0 radical (unpaired) electrons. The molecule has 0 saturated heterocycles. The number of unbranched alkanes of at least 4 members (excludes halogenated alkanes) is 2. The largest absolute Gasteiger partial charge is 0.330 e. The summed E-state index contributed by atoms with van der Waals surface area (Å²) in [7, 11) is 0. The van der Waals surface area contributed by atoms with Gasteiger partial charge in [0.1, 0.15) is 0 Å². The lowest BCUT2D eigenvalue weighted by molar-refractivity contribution is 0.184. The summed E-state index contributed by atoms with van der Waals surface area (Å²) in [5.74, 6) is 0. The van der Waals surface area contributed by atoms with Gasteiger partial charge in [0.15, 0.2) is 0 Å². The van der Waals surface area contributed by atoms with Crippen molar-refractivity contribution in [2.45, 2.75) is 44.7 Å². The lowest BCUT2D eigenvalue weighted by Crippen LogP contribution is -2.44. The molecular weight excluding hydrogens is 214 g/mol. The van der Waals surface area contributed by atoms with E-state index >= 15 is 0 Å². The predicted octanol–water partition coefficient (Wildman–Crippen LogP) is -0.210. The molecule has 0 aliphatic rings. The van der Waals surface area contributed by atoms with E-state index in [0.717, 1.165) is 64.8 Å². The highest BCUT2D eigenvalue weighted by molar-refractivity contribution is 4.67. The van der Waals surface area contributed by atoms with Crippen molar-refractivity contribution < 1.29 is 0 Å². The fourth-order valence-corrected chi connectivity index (χ4v) is 1.89. The second-order valence-corrected chi connectivity index (χ2v) is 4.53. The van der Waals surface area contributed by atoms with E-state index in [-0.39, 0.29) is 6.17 Å². The minimum atomic E-state index is 0.144. The van der Waals surface area contributed by atoms with Crippen LogP contribution in [-0.2, 0) is 0 Å². The zero-order chi connectivity index (χ0) is 12.9. The van der Waals surface area contributed by atoms with E-state index in [1.165, 1.54) is 6.42 Å². The van der Waals surface area contributed by atoms with Gasteiger partial charge in [0.05, 0.1) is 6.17 Å². The van der Waals surface area contributed by atoms with E-state index < -0.39 is 0 Å². The molecule has 1 atom stereocenters. The van der Waals surface area contributed by atoms with Crippen LogP contribution in [0.4, 0.5) is 0 Å². The van der Waals surface area contributed by atoms with E-state index in [4.69, 9.17) is 22.9 Å². The van der Waals surface area contributed by atoms with Gasteiger partial charge in [-0.1, -0.05) is 12.8 Å². The molecule has 0 saturated carbocycles. The Hall–Kier alpha value is -0.200. The fourth-order valence-electron chi connectivity index (χ4n) is 1.89. The summed E-state index contributed by atoms with van der Waals surface area (Å²) >= 11 is 0. The second-order valence-electron chi connectivity index (χ2n) is 4.53. The number of rotatable bonds is 12. The topological polar surface area (TPSA) is 107 Å². The summed E-state index contributed by atoms with van der Waals surface area (Å²) in [6, 6.07) is 0. The van der Waals surface area contributed by atoms with Crippen molar-refractivity contribution in [3.63, 3.8) is 0 Å². The molecule has 0 aliphatic heterocycles. The summed E-state index contributed by atoms with van der Waals surface area (Å²) in [6.45, 7) is 4.18. The number of nitrogens with two attached hydrogens (primary N) is 4. The van der Waals surface area contributed by atoms with Crippen LogP contribution in [0.1, 0.15) is 38.5 Å². The van der Waals surface area contributed by atoms with Crippen molar-refractivity contribution in [1.82, 2.24) is 4.90 Å². The van der Waals surface area contributed by atoms with Crippen molar-refractivity contribution in [2.75, 3.05) is 32.7 Å². The molecule has 0 bridgehead atoms. The first-order valence-electron chi connectivity index (χ1n) is 6.86. The van der Waals surface area contributed by atoms with Crippen LogP contribution in [0, 0.1) is 0 Å². The van der Waals surface area contributed by atoms with Crippen LogP contribution >= 0.6 is 0 Å². The molecule has 1 unspecified atom stereocenters. The Morgan fingerprint density at radius 2 is 1.24 bits per heavy atom. The third kappa shape index (κ3) is 9.50. The molecule has 0 rings (SSSR count). The Kier molecular flexibility index (Phi) is 12.1. The Morgan fingerprint density at radius 1 is 0.706 bits per heavy atom. The van der Waals surface area contributed by atoms with Crippen LogP contribution in [-0.4, -0.2) is 43.8 Å². The lowest BCUT2D eigenvalue weighted by Gasteiger charge is -2.28. The van der Waals surface area contributed by atoms with Gasteiger partial charge in [-0.25, -0.2) is 0 Å². The zero-order valence-corrected chi connectivity index (χ0v) is 11.1. The van der Waals surface area contributed by atoms with Gasteiger partial charge in [0.2, 0.25) is 0 Å². The van der Waals surface area contributed by atoms with Gasteiger partial charge in [-0.05, 0) is 45.3 Å². The quantitative estimate of drug-likeness (QED) is 0.281. The molecule has 5 heteroatoms. The van der Waals surface area contributed by atoms with Gasteiger partial charge in [0.25, 0.3) is 0 Å². The lowest BCUT2D eigenvalue weighted by atomic mass is 10.1. The molecule has 17 heavy (non-hydrogen) atoms. The van der Waals surface area contributed by atoms with E-state index in [1.807, 2.05) is 0 Å². The summed E-state index contributed by atoms with van der Waals surface area (Å²) in [4.78, 5) is 2.31. The molecule has 8 N–H and O–H groups in total. The SMILES string of the molecule is NCCCCCC(N)N(CCCN)CCCN.